The van der Waals surface area contributed by atoms with Gasteiger partial charge in [-0.25, -0.2) is 0 Å². The highest BCUT2D eigenvalue weighted by atomic mass is 32.1. The van der Waals surface area contributed by atoms with E-state index in [1.165, 1.54) is 0 Å². The molecule has 0 N–H and O–H groups in total. The topological polar surface area (TPSA) is 18.5 Å². The number of benzene rings is 3. The van der Waals surface area contributed by atoms with Crippen molar-refractivity contribution in [3.8, 4) is 17.2 Å². The fourth-order valence-electron chi connectivity index (χ4n) is 3.86. The molecule has 0 aliphatic heterocycles. The zero-order chi connectivity index (χ0) is 26.8. The van der Waals surface area contributed by atoms with E-state index in [1.807, 2.05) is 20.8 Å². The van der Waals surface area contributed by atoms with Crippen LogP contribution in [-0.4, -0.2) is 18.0 Å². The second-order valence-corrected chi connectivity index (χ2v) is 9.17. The first kappa shape index (κ1) is 27.8. The molecule has 2 nitrogen and oxygen atoms in total. The van der Waals surface area contributed by atoms with Gasteiger partial charge >= 0.3 is 12.4 Å². The molecule has 0 aliphatic carbocycles. The summed E-state index contributed by atoms with van der Waals surface area (Å²) >= 11 is 4.15. The summed E-state index contributed by atoms with van der Waals surface area (Å²) in [6, 6.07) is 14.1. The molecule has 0 saturated carbocycles. The zero-order valence-electron chi connectivity index (χ0n) is 19.9. The van der Waals surface area contributed by atoms with Crippen LogP contribution in [0.25, 0.3) is 0 Å². The van der Waals surface area contributed by atoms with Crippen molar-refractivity contribution in [1.82, 2.24) is 0 Å². The first-order valence-electron chi connectivity index (χ1n) is 11.3. The molecule has 0 unspecified atom stereocenters. The number of thiol groups is 1. The molecule has 3 aromatic carbocycles. The first-order valence-corrected chi connectivity index (χ1v) is 11.7. The van der Waals surface area contributed by atoms with E-state index in [9.17, 15) is 26.3 Å². The molecule has 0 saturated heterocycles. The van der Waals surface area contributed by atoms with Crippen LogP contribution in [0.3, 0.4) is 0 Å². The number of rotatable bonds is 8. The van der Waals surface area contributed by atoms with Gasteiger partial charge in [-0.2, -0.15) is 26.3 Å². The Kier molecular flexibility index (Phi) is 7.93. The molecule has 0 amide bonds. The highest BCUT2D eigenvalue weighted by Crippen LogP contribution is 2.56. The highest BCUT2D eigenvalue weighted by Gasteiger charge is 2.72. The van der Waals surface area contributed by atoms with E-state index in [4.69, 9.17) is 9.47 Å². The van der Waals surface area contributed by atoms with E-state index in [0.29, 0.717) is 23.5 Å². The van der Waals surface area contributed by atoms with Crippen LogP contribution < -0.4 is 9.47 Å². The van der Waals surface area contributed by atoms with E-state index in [0.717, 1.165) is 48.5 Å². The van der Waals surface area contributed by atoms with E-state index in [-0.39, 0.29) is 11.5 Å². The van der Waals surface area contributed by atoms with Crippen molar-refractivity contribution < 1.29 is 35.8 Å². The van der Waals surface area contributed by atoms with Gasteiger partial charge in [0.25, 0.3) is 0 Å². The molecular weight excluding hydrogens is 502 g/mol. The smallest absolute Gasteiger partial charge is 0.411 e. The molecule has 0 aromatic heterocycles. The van der Waals surface area contributed by atoms with Crippen molar-refractivity contribution in [2.75, 3.05) is 0 Å². The molecule has 0 aliphatic rings. The van der Waals surface area contributed by atoms with Crippen LogP contribution in [0.4, 0.5) is 26.3 Å². The van der Waals surface area contributed by atoms with Gasteiger partial charge in [0, 0.05) is 4.90 Å². The molecule has 0 atom stereocenters. The molecule has 9 heteroatoms. The predicted molar refractivity (Wildman–Crippen MR) is 129 cm³/mol. The zero-order valence-corrected chi connectivity index (χ0v) is 20.8. The standard InChI is InChI=1S/C27H26F6O2S/c1-4-24(3,5-2)35-22-12-8-19(9-13-22)25(26(28,29)30,27(31,32)33)18-6-10-20(11-7-18)34-21-14-16-23(36)17-15-21/h6-17,36H,4-5H2,1-3H3. The van der Waals surface area contributed by atoms with Gasteiger partial charge in [0.05, 0.1) is 0 Å². The Morgan fingerprint density at radius 2 is 0.972 bits per heavy atom. The maximum Gasteiger partial charge on any atom is 0.411 e. The van der Waals surface area contributed by atoms with Crippen LogP contribution >= 0.6 is 12.6 Å². The maximum absolute atomic E-state index is 14.4. The molecule has 194 valence electrons. The second kappa shape index (κ2) is 10.3. The molecule has 3 aromatic rings. The predicted octanol–water partition coefficient (Wildman–Crippen LogP) is 9.14. The van der Waals surface area contributed by atoms with Gasteiger partial charge in [0.1, 0.15) is 22.8 Å². The lowest BCUT2D eigenvalue weighted by Crippen LogP contribution is -2.54. The van der Waals surface area contributed by atoms with Crippen LogP contribution in [0.2, 0.25) is 0 Å². The molecule has 0 fully saturated rings. The van der Waals surface area contributed by atoms with E-state index in [1.54, 1.807) is 24.3 Å². The molecule has 3 rings (SSSR count). The summed E-state index contributed by atoms with van der Waals surface area (Å²) in [6.45, 7) is 5.60. The van der Waals surface area contributed by atoms with Crippen LogP contribution in [-0.2, 0) is 5.41 Å². The summed E-state index contributed by atoms with van der Waals surface area (Å²) in [7, 11) is 0. The normalized spacial score (nSPS) is 12.9. The van der Waals surface area contributed by atoms with Crippen LogP contribution in [0, 0.1) is 0 Å². The summed E-state index contributed by atoms with van der Waals surface area (Å²) in [5, 5.41) is 0. The summed E-state index contributed by atoms with van der Waals surface area (Å²) in [4.78, 5) is 0.670. The van der Waals surface area contributed by atoms with Crippen molar-refractivity contribution in [1.29, 1.82) is 0 Å². The van der Waals surface area contributed by atoms with Crippen molar-refractivity contribution in [2.24, 2.45) is 0 Å². The van der Waals surface area contributed by atoms with E-state index >= 15 is 0 Å². The lowest BCUT2D eigenvalue weighted by Gasteiger charge is -2.38. The number of hydrogen-bond acceptors (Lipinski definition) is 3. The lowest BCUT2D eigenvalue weighted by atomic mass is 9.73. The Hall–Kier alpha value is -2.81. The van der Waals surface area contributed by atoms with Gasteiger partial charge in [-0.05, 0) is 79.4 Å². The van der Waals surface area contributed by atoms with Gasteiger partial charge < -0.3 is 9.47 Å². The third kappa shape index (κ3) is 5.45. The Morgan fingerprint density at radius 3 is 1.33 bits per heavy atom. The molecule has 0 radical (unpaired) electrons. The quantitative estimate of drug-likeness (QED) is 0.232. The average molecular weight is 529 g/mol. The summed E-state index contributed by atoms with van der Waals surface area (Å²) < 4.78 is 97.9. The highest BCUT2D eigenvalue weighted by molar-refractivity contribution is 7.80. The minimum atomic E-state index is -5.68. The Labute approximate surface area is 211 Å². The van der Waals surface area contributed by atoms with Crippen molar-refractivity contribution >= 4 is 12.6 Å². The minimum absolute atomic E-state index is 0.0890. The van der Waals surface area contributed by atoms with Gasteiger partial charge in [-0.1, -0.05) is 38.1 Å². The largest absolute Gasteiger partial charge is 0.488 e. The fourth-order valence-corrected chi connectivity index (χ4v) is 4.01. The number of halogens is 6. The van der Waals surface area contributed by atoms with Crippen LogP contribution in [0.15, 0.2) is 77.7 Å². The van der Waals surface area contributed by atoms with Gasteiger partial charge in [-0.3, -0.25) is 0 Å². The SMILES string of the molecule is CCC(C)(CC)Oc1ccc(C(c2ccc(Oc3ccc(S)cc3)cc2)(C(F)(F)F)C(F)(F)F)cc1. The molecule has 0 bridgehead atoms. The lowest BCUT2D eigenvalue weighted by molar-refractivity contribution is -0.288. The molecule has 36 heavy (non-hydrogen) atoms. The van der Waals surface area contributed by atoms with Gasteiger partial charge in [0.2, 0.25) is 5.41 Å². The van der Waals surface area contributed by atoms with Crippen LogP contribution in [0.1, 0.15) is 44.7 Å². The van der Waals surface area contributed by atoms with E-state index < -0.39 is 34.5 Å². The number of alkyl halides is 6. The minimum Gasteiger partial charge on any atom is -0.488 e. The summed E-state index contributed by atoms with van der Waals surface area (Å²) in [5.74, 6) is 0.644. The number of hydrogen-bond donors (Lipinski definition) is 1. The van der Waals surface area contributed by atoms with Crippen molar-refractivity contribution in [2.45, 2.75) is 61.9 Å². The monoisotopic (exact) mass is 528 g/mol. The first-order chi connectivity index (χ1) is 16.8. The summed E-state index contributed by atoms with van der Waals surface area (Å²) in [6.07, 6.45) is -10.1. The average Bonchev–Trinajstić information content (AvgIpc) is 2.81. The van der Waals surface area contributed by atoms with Gasteiger partial charge in [0.15, 0.2) is 0 Å². The maximum atomic E-state index is 14.4. The summed E-state index contributed by atoms with van der Waals surface area (Å²) in [5.41, 5.74) is -6.76. The van der Waals surface area contributed by atoms with Crippen LogP contribution in [0.5, 0.6) is 17.2 Å². The Bertz CT molecular complexity index is 1120. The van der Waals surface area contributed by atoms with Crippen molar-refractivity contribution in [3.05, 3.63) is 83.9 Å². The Balaban J connectivity index is 2.05. The van der Waals surface area contributed by atoms with Crippen molar-refractivity contribution in [3.63, 3.8) is 0 Å². The van der Waals surface area contributed by atoms with Gasteiger partial charge in [-0.15, -0.1) is 12.6 Å². The molecule has 0 heterocycles. The van der Waals surface area contributed by atoms with E-state index in [2.05, 4.69) is 12.6 Å². The Morgan fingerprint density at radius 1 is 0.611 bits per heavy atom. The number of ether oxygens (including phenoxy) is 2. The fraction of sp³-hybridized carbons (Fsp3) is 0.333. The third-order valence-electron chi connectivity index (χ3n) is 6.36. The molecular formula is C27H26F6O2S. The second-order valence-electron chi connectivity index (χ2n) is 8.65. The molecule has 0 spiro atoms. The third-order valence-corrected chi connectivity index (χ3v) is 6.66.